The molecule has 0 unspecified atom stereocenters. The molecule has 13 nitrogen and oxygen atoms in total. The van der Waals surface area contributed by atoms with Crippen LogP contribution < -0.4 is 10.0 Å². The summed E-state index contributed by atoms with van der Waals surface area (Å²) in [5.74, 6) is 5.87. The van der Waals surface area contributed by atoms with Gasteiger partial charge >= 0.3 is 5.97 Å². The van der Waals surface area contributed by atoms with Crippen LogP contribution in [0.15, 0.2) is 76.7 Å². The number of aromatic amines is 1. The number of nitriles is 1. The van der Waals surface area contributed by atoms with E-state index in [0.717, 1.165) is 32.1 Å². The maximum absolute atomic E-state index is 13.2. The number of aliphatic imine (C=N–C) groups is 1. The predicted molar refractivity (Wildman–Crippen MR) is 209 cm³/mol. The second-order valence-corrected chi connectivity index (χ2v) is 15.8. The van der Waals surface area contributed by atoms with E-state index in [1.54, 1.807) is 41.8 Å². The first-order chi connectivity index (χ1) is 26.4. The summed E-state index contributed by atoms with van der Waals surface area (Å²) < 4.78 is 36.0. The summed E-state index contributed by atoms with van der Waals surface area (Å²) in [4.78, 5) is 34.3. The Morgan fingerprint density at radius 2 is 1.76 bits per heavy atom. The van der Waals surface area contributed by atoms with Crippen molar-refractivity contribution in [1.29, 1.82) is 5.26 Å². The highest BCUT2D eigenvalue weighted by Crippen LogP contribution is 2.39. The number of sulfonamides is 1. The van der Waals surface area contributed by atoms with E-state index in [1.807, 2.05) is 49.6 Å². The van der Waals surface area contributed by atoms with Crippen molar-refractivity contribution in [3.63, 3.8) is 0 Å². The zero-order valence-corrected chi connectivity index (χ0v) is 32.1. The standard InChI is InChI=1S/C40H34N8O5S2/c1-22-6-16-31(38-35(22)29(19-41)21-43-38)47-55(51,52)30-14-9-27(10-15-30)20-42-33(49)17-11-26-7-12-28(13-8-26)37-36-23(2)24(3)54-40(36)48-25(4)45-46-39(48)32(44-37)18-34(50)53-5/h6-10,12-16,21,32,43,47H,18,20H2,1-5H3,(H,42,49)/t32-/m0/s1. The number of esters is 1. The summed E-state index contributed by atoms with van der Waals surface area (Å²) in [6.45, 7) is 7.97. The largest absolute Gasteiger partial charge is 0.469 e. The van der Waals surface area contributed by atoms with Crippen LogP contribution in [-0.4, -0.2) is 52.9 Å². The molecule has 0 aliphatic carbocycles. The van der Waals surface area contributed by atoms with Crippen LogP contribution in [0.4, 0.5) is 5.69 Å². The summed E-state index contributed by atoms with van der Waals surface area (Å²) in [7, 11) is -2.60. The smallest absolute Gasteiger partial charge is 0.308 e. The van der Waals surface area contributed by atoms with Crippen molar-refractivity contribution < 1.29 is 22.7 Å². The minimum absolute atomic E-state index is 0.00133. The zero-order chi connectivity index (χ0) is 39.0. The van der Waals surface area contributed by atoms with E-state index in [-0.39, 0.29) is 17.9 Å². The number of nitrogens with one attached hydrogen (secondary N) is 3. The molecule has 276 valence electrons. The molecule has 0 radical (unpaired) electrons. The van der Waals surface area contributed by atoms with Crippen LogP contribution in [0.5, 0.6) is 0 Å². The summed E-state index contributed by atoms with van der Waals surface area (Å²) >= 11 is 1.62. The van der Waals surface area contributed by atoms with E-state index in [1.165, 1.54) is 19.2 Å². The number of thiophene rings is 1. The lowest BCUT2D eigenvalue weighted by Gasteiger charge is -2.11. The Balaban J connectivity index is 1.03. The molecule has 7 rings (SSSR count). The molecule has 0 saturated carbocycles. The van der Waals surface area contributed by atoms with E-state index in [2.05, 4.69) is 50.1 Å². The van der Waals surface area contributed by atoms with Gasteiger partial charge in [0.05, 0.1) is 40.9 Å². The number of hydrogen-bond acceptors (Lipinski definition) is 10. The molecule has 3 N–H and O–H groups in total. The Bertz CT molecular complexity index is 2760. The Labute approximate surface area is 321 Å². The predicted octanol–water partition coefficient (Wildman–Crippen LogP) is 5.84. The molecule has 1 amide bonds. The number of aromatic nitrogens is 4. The number of carbonyl (C=O) groups excluding carboxylic acids is 2. The average molecular weight is 771 g/mol. The number of anilines is 1. The fourth-order valence-corrected chi connectivity index (χ4v) is 8.70. The quantitative estimate of drug-likeness (QED) is 0.127. The summed E-state index contributed by atoms with van der Waals surface area (Å²) in [6, 6.07) is 18.5. The number of ether oxygens (including phenoxy) is 1. The fourth-order valence-electron chi connectivity index (χ4n) is 6.42. The van der Waals surface area contributed by atoms with Gasteiger partial charge in [-0.3, -0.25) is 23.9 Å². The van der Waals surface area contributed by atoms with Crippen LogP contribution in [-0.2, 0) is 30.9 Å². The highest BCUT2D eigenvalue weighted by molar-refractivity contribution is 7.92. The number of benzene rings is 3. The summed E-state index contributed by atoms with van der Waals surface area (Å²) in [5.41, 5.74) is 6.97. The second kappa shape index (κ2) is 14.7. The van der Waals surface area contributed by atoms with Gasteiger partial charge in [-0.15, -0.1) is 21.5 Å². The number of fused-ring (bicyclic) bond motifs is 4. The number of hydrogen-bond donors (Lipinski definition) is 3. The van der Waals surface area contributed by atoms with Crippen LogP contribution in [0.25, 0.3) is 15.9 Å². The Morgan fingerprint density at radius 3 is 2.47 bits per heavy atom. The monoisotopic (exact) mass is 770 g/mol. The van der Waals surface area contributed by atoms with Gasteiger partial charge in [0.2, 0.25) is 0 Å². The maximum atomic E-state index is 13.2. The fraction of sp³-hybridized carbons (Fsp3) is 0.200. The van der Waals surface area contributed by atoms with Gasteiger partial charge in [0.15, 0.2) is 5.82 Å². The molecule has 4 heterocycles. The molecule has 3 aromatic heterocycles. The number of H-pyrrole nitrogens is 1. The van der Waals surface area contributed by atoms with Gasteiger partial charge in [0.25, 0.3) is 15.9 Å². The van der Waals surface area contributed by atoms with E-state index < -0.39 is 27.9 Å². The number of methoxy groups -OCH3 is 1. The molecule has 6 aromatic rings. The van der Waals surface area contributed by atoms with Crippen LogP contribution in [0.2, 0.25) is 0 Å². The first-order valence-corrected chi connectivity index (χ1v) is 19.4. The van der Waals surface area contributed by atoms with Gasteiger partial charge in [0, 0.05) is 45.6 Å². The summed E-state index contributed by atoms with van der Waals surface area (Å²) in [6.07, 6.45) is 1.55. The van der Waals surface area contributed by atoms with Crippen molar-refractivity contribution in [3.05, 3.63) is 122 Å². The highest BCUT2D eigenvalue weighted by Gasteiger charge is 2.32. The van der Waals surface area contributed by atoms with Crippen molar-refractivity contribution in [2.75, 3.05) is 11.8 Å². The Morgan fingerprint density at radius 1 is 1.02 bits per heavy atom. The number of amides is 1. The number of nitrogens with zero attached hydrogens (tertiary/aromatic N) is 5. The SMILES string of the molecule is COC(=O)C[C@@H]1N=C(c2ccc(C#CC(=O)NCc3ccc(S(=O)(=O)Nc4ccc(C)c5c(C#N)c[nH]c45)cc3)cc2)c2c(sc(C)c2C)-n2c(C)nnc21. The topological polar surface area (TPSA) is 184 Å². The highest BCUT2D eigenvalue weighted by atomic mass is 32.2. The van der Waals surface area contributed by atoms with Gasteiger partial charge in [0.1, 0.15) is 22.9 Å². The van der Waals surface area contributed by atoms with Gasteiger partial charge in [-0.1, -0.05) is 36.3 Å². The molecular weight excluding hydrogens is 737 g/mol. The summed E-state index contributed by atoms with van der Waals surface area (Å²) in [5, 5.41) is 22.5. The van der Waals surface area contributed by atoms with Crippen molar-refractivity contribution in [2.45, 2.75) is 51.6 Å². The lowest BCUT2D eigenvalue weighted by Crippen LogP contribution is -2.21. The van der Waals surface area contributed by atoms with Crippen molar-refractivity contribution in [2.24, 2.45) is 4.99 Å². The van der Waals surface area contributed by atoms with Crippen molar-refractivity contribution >= 4 is 55.5 Å². The van der Waals surface area contributed by atoms with E-state index in [9.17, 15) is 23.3 Å². The lowest BCUT2D eigenvalue weighted by atomic mass is 9.98. The lowest BCUT2D eigenvalue weighted by molar-refractivity contribution is -0.141. The van der Waals surface area contributed by atoms with Crippen molar-refractivity contribution in [1.82, 2.24) is 25.1 Å². The van der Waals surface area contributed by atoms with Crippen LogP contribution in [0.3, 0.4) is 0 Å². The molecule has 0 spiro atoms. The van der Waals surface area contributed by atoms with E-state index >= 15 is 0 Å². The second-order valence-electron chi connectivity index (χ2n) is 12.9. The van der Waals surface area contributed by atoms with Gasteiger partial charge in [-0.05, 0) is 74.7 Å². The van der Waals surface area contributed by atoms with Crippen LogP contribution >= 0.6 is 11.3 Å². The molecule has 0 bridgehead atoms. The van der Waals surface area contributed by atoms with E-state index in [4.69, 9.17) is 9.73 Å². The minimum Gasteiger partial charge on any atom is -0.469 e. The maximum Gasteiger partial charge on any atom is 0.308 e. The van der Waals surface area contributed by atoms with Crippen LogP contribution in [0, 0.1) is 50.9 Å². The molecule has 1 aliphatic heterocycles. The molecule has 1 aliphatic rings. The molecule has 55 heavy (non-hydrogen) atoms. The molecule has 0 saturated heterocycles. The number of carbonyl (C=O) groups is 2. The number of rotatable bonds is 8. The van der Waals surface area contributed by atoms with Gasteiger partial charge < -0.3 is 15.0 Å². The molecule has 15 heteroatoms. The third-order valence-electron chi connectivity index (χ3n) is 9.40. The third-order valence-corrected chi connectivity index (χ3v) is 12.0. The Hall–Kier alpha value is -6.55. The van der Waals surface area contributed by atoms with E-state index in [0.29, 0.717) is 50.6 Å². The average Bonchev–Trinajstić information content (AvgIpc) is 3.85. The first kappa shape index (κ1) is 36.8. The third kappa shape index (κ3) is 7.11. The zero-order valence-electron chi connectivity index (χ0n) is 30.4. The molecule has 1 atom stereocenters. The molecule has 3 aromatic carbocycles. The van der Waals surface area contributed by atoms with Gasteiger partial charge in [-0.25, -0.2) is 8.42 Å². The normalized spacial score (nSPS) is 13.4. The van der Waals surface area contributed by atoms with Crippen LogP contribution in [0.1, 0.15) is 67.9 Å². The molecule has 0 fully saturated rings. The Kier molecular flexibility index (Phi) is 9.83. The minimum atomic E-state index is -3.95. The van der Waals surface area contributed by atoms with Gasteiger partial charge in [-0.2, -0.15) is 5.26 Å². The van der Waals surface area contributed by atoms with Crippen molar-refractivity contribution in [3.8, 4) is 22.9 Å². The first-order valence-electron chi connectivity index (χ1n) is 17.1. The molecular formula is C40H34N8O5S2. The number of aryl methyl sites for hydroxylation is 3.